The van der Waals surface area contributed by atoms with Gasteiger partial charge in [0.1, 0.15) is 0 Å². The molecule has 1 aliphatic carbocycles. The molecule has 0 heterocycles. The first-order valence-electron chi connectivity index (χ1n) is 9.85. The van der Waals surface area contributed by atoms with Crippen LogP contribution in [0.3, 0.4) is 0 Å². The molecule has 0 aromatic heterocycles. The molecule has 0 unspecified atom stereocenters. The molecule has 0 atom stereocenters. The second-order valence-corrected chi connectivity index (χ2v) is 7.80. The number of nitrogens with zero attached hydrogens (tertiary/aromatic N) is 1. The van der Waals surface area contributed by atoms with E-state index in [0.717, 1.165) is 55.3 Å². The molecule has 2 rings (SSSR count). The smallest absolute Gasteiger partial charge is 0.191 e. The number of aliphatic imine (C=N–C) groups is 1. The number of methoxy groups -OCH3 is 2. The summed E-state index contributed by atoms with van der Waals surface area (Å²) in [4.78, 5) is 4.83. The van der Waals surface area contributed by atoms with Crippen molar-refractivity contribution < 1.29 is 14.6 Å². The summed E-state index contributed by atoms with van der Waals surface area (Å²) in [5, 5.41) is 16.6. The third-order valence-corrected chi connectivity index (χ3v) is 5.18. The van der Waals surface area contributed by atoms with Gasteiger partial charge in [-0.15, -0.1) is 24.0 Å². The highest BCUT2D eigenvalue weighted by Gasteiger charge is 2.24. The molecule has 0 amide bonds. The fourth-order valence-corrected chi connectivity index (χ4v) is 3.36. The predicted molar refractivity (Wildman–Crippen MR) is 125 cm³/mol. The summed E-state index contributed by atoms with van der Waals surface area (Å²) in [6.45, 7) is 7.89. The summed E-state index contributed by atoms with van der Waals surface area (Å²) in [5.74, 6) is 2.31. The number of aliphatic hydroxyl groups is 1. The van der Waals surface area contributed by atoms with Crippen molar-refractivity contribution in [1.29, 1.82) is 0 Å². The van der Waals surface area contributed by atoms with Gasteiger partial charge in [0.2, 0.25) is 0 Å². The second-order valence-electron chi connectivity index (χ2n) is 7.80. The van der Waals surface area contributed by atoms with E-state index < -0.39 is 0 Å². The summed E-state index contributed by atoms with van der Waals surface area (Å²) in [6.07, 6.45) is 3.52. The minimum absolute atomic E-state index is 0. The lowest BCUT2D eigenvalue weighted by Gasteiger charge is -2.29. The molecule has 1 aromatic rings. The van der Waals surface area contributed by atoms with Gasteiger partial charge in [-0.3, -0.25) is 4.99 Å². The Kier molecular flexibility index (Phi) is 10.4. The van der Waals surface area contributed by atoms with Crippen molar-refractivity contribution in [2.45, 2.75) is 64.0 Å². The van der Waals surface area contributed by atoms with E-state index >= 15 is 0 Å². The normalized spacial score (nSPS) is 20.1. The Morgan fingerprint density at radius 1 is 1.14 bits per heavy atom. The van der Waals surface area contributed by atoms with Crippen LogP contribution in [0.1, 0.15) is 52.0 Å². The van der Waals surface area contributed by atoms with Gasteiger partial charge in [0.25, 0.3) is 0 Å². The van der Waals surface area contributed by atoms with Crippen LogP contribution < -0.4 is 20.1 Å². The molecule has 1 saturated carbocycles. The highest BCUT2D eigenvalue weighted by Crippen LogP contribution is 2.33. The molecule has 0 spiro atoms. The van der Waals surface area contributed by atoms with Gasteiger partial charge in [-0.1, -0.05) is 19.9 Å². The first kappa shape index (κ1) is 24.8. The molecule has 160 valence electrons. The molecule has 0 saturated heterocycles. The maximum absolute atomic E-state index is 9.69. The molecule has 1 aliphatic rings. The Morgan fingerprint density at radius 3 is 2.36 bits per heavy atom. The van der Waals surface area contributed by atoms with E-state index in [1.54, 1.807) is 14.2 Å². The number of guanidine groups is 1. The Labute approximate surface area is 186 Å². The molecule has 0 aliphatic heterocycles. The first-order valence-corrected chi connectivity index (χ1v) is 9.85. The second kappa shape index (κ2) is 11.7. The number of rotatable bonds is 7. The van der Waals surface area contributed by atoms with Gasteiger partial charge >= 0.3 is 0 Å². The van der Waals surface area contributed by atoms with E-state index in [2.05, 4.69) is 37.5 Å². The number of hydrogen-bond donors (Lipinski definition) is 3. The van der Waals surface area contributed by atoms with E-state index in [-0.39, 0.29) is 35.5 Å². The van der Waals surface area contributed by atoms with Crippen molar-refractivity contribution in [2.24, 2.45) is 4.99 Å². The average molecular weight is 505 g/mol. The summed E-state index contributed by atoms with van der Waals surface area (Å²) in [5.41, 5.74) is 1.01. The molecule has 7 heteroatoms. The van der Waals surface area contributed by atoms with Crippen molar-refractivity contribution in [3.05, 3.63) is 23.8 Å². The molecule has 1 aromatic carbocycles. The van der Waals surface area contributed by atoms with Crippen LogP contribution in [0, 0.1) is 0 Å². The first-order chi connectivity index (χ1) is 12.9. The number of nitrogens with one attached hydrogen (secondary N) is 2. The highest BCUT2D eigenvalue weighted by molar-refractivity contribution is 14.0. The number of benzene rings is 1. The fraction of sp³-hybridized carbons (Fsp3) is 0.667. The zero-order valence-corrected chi connectivity index (χ0v) is 20.1. The minimum atomic E-state index is -0.148. The van der Waals surface area contributed by atoms with Crippen LogP contribution in [0.15, 0.2) is 23.2 Å². The highest BCUT2D eigenvalue weighted by atomic mass is 127. The van der Waals surface area contributed by atoms with Crippen molar-refractivity contribution in [1.82, 2.24) is 10.6 Å². The van der Waals surface area contributed by atoms with Crippen LogP contribution >= 0.6 is 24.0 Å². The topological polar surface area (TPSA) is 75.1 Å². The number of ether oxygens (including phenoxy) is 2. The van der Waals surface area contributed by atoms with Crippen LogP contribution in [0.25, 0.3) is 0 Å². The van der Waals surface area contributed by atoms with Crippen molar-refractivity contribution in [3.8, 4) is 11.5 Å². The molecule has 0 radical (unpaired) electrons. The lowest BCUT2D eigenvalue weighted by Crippen LogP contribution is -2.45. The monoisotopic (exact) mass is 505 g/mol. The van der Waals surface area contributed by atoms with Gasteiger partial charge in [0.05, 0.1) is 26.9 Å². The zero-order chi connectivity index (χ0) is 19.9. The van der Waals surface area contributed by atoms with Crippen LogP contribution in [0.5, 0.6) is 11.5 Å². The summed E-state index contributed by atoms with van der Waals surface area (Å²) in [6, 6.07) is 6.41. The zero-order valence-electron chi connectivity index (χ0n) is 17.7. The van der Waals surface area contributed by atoms with E-state index in [9.17, 15) is 5.11 Å². The molecule has 1 fully saturated rings. The maximum atomic E-state index is 9.69. The molecular weight excluding hydrogens is 469 g/mol. The molecule has 3 N–H and O–H groups in total. The van der Waals surface area contributed by atoms with E-state index in [4.69, 9.17) is 14.5 Å². The third-order valence-electron chi connectivity index (χ3n) is 5.18. The Bertz CT molecular complexity index is 629. The minimum Gasteiger partial charge on any atom is -0.493 e. The van der Waals surface area contributed by atoms with E-state index in [1.807, 2.05) is 12.1 Å². The lowest BCUT2D eigenvalue weighted by atomic mass is 9.84. The molecule has 28 heavy (non-hydrogen) atoms. The Balaban J connectivity index is 0.00000392. The third kappa shape index (κ3) is 6.99. The van der Waals surface area contributed by atoms with Gasteiger partial charge < -0.3 is 25.2 Å². The van der Waals surface area contributed by atoms with Gasteiger partial charge in [-0.2, -0.15) is 0 Å². The van der Waals surface area contributed by atoms with Gasteiger partial charge in [-0.05, 0) is 50.3 Å². The SMILES string of the molecule is CCNC(=NCC(C)(C)c1ccc(OC)c(OC)c1)NC1CCC(O)CC1.I. The van der Waals surface area contributed by atoms with Crippen LogP contribution in [-0.2, 0) is 5.41 Å². The summed E-state index contributed by atoms with van der Waals surface area (Å²) in [7, 11) is 3.30. The van der Waals surface area contributed by atoms with Gasteiger partial charge in [0.15, 0.2) is 17.5 Å². The maximum Gasteiger partial charge on any atom is 0.191 e. The average Bonchev–Trinajstić information content (AvgIpc) is 2.67. The Morgan fingerprint density at radius 2 is 1.79 bits per heavy atom. The molecular formula is C21H36IN3O3. The van der Waals surface area contributed by atoms with Gasteiger partial charge in [0, 0.05) is 18.0 Å². The van der Waals surface area contributed by atoms with Gasteiger partial charge in [-0.25, -0.2) is 0 Å². The number of halogens is 1. The number of aliphatic hydroxyl groups excluding tert-OH is 1. The summed E-state index contributed by atoms with van der Waals surface area (Å²) >= 11 is 0. The van der Waals surface area contributed by atoms with Crippen molar-refractivity contribution in [3.63, 3.8) is 0 Å². The fourth-order valence-electron chi connectivity index (χ4n) is 3.36. The van der Waals surface area contributed by atoms with Crippen molar-refractivity contribution >= 4 is 29.9 Å². The lowest BCUT2D eigenvalue weighted by molar-refractivity contribution is 0.120. The summed E-state index contributed by atoms with van der Waals surface area (Å²) < 4.78 is 10.8. The van der Waals surface area contributed by atoms with Crippen LogP contribution in [0.4, 0.5) is 0 Å². The number of hydrogen-bond acceptors (Lipinski definition) is 4. The molecule has 6 nitrogen and oxygen atoms in total. The standard InChI is InChI=1S/C21H35N3O3.HI/c1-6-22-20(24-16-8-10-17(25)11-9-16)23-14-21(2,3)15-7-12-18(26-4)19(13-15)27-5;/h7,12-13,16-17,25H,6,8-11,14H2,1-5H3,(H2,22,23,24);1H. The Hall–Kier alpha value is -1.22. The molecule has 0 bridgehead atoms. The largest absolute Gasteiger partial charge is 0.493 e. The van der Waals surface area contributed by atoms with Crippen LogP contribution in [-0.4, -0.2) is 50.5 Å². The van der Waals surface area contributed by atoms with Crippen LogP contribution in [0.2, 0.25) is 0 Å². The predicted octanol–water partition coefficient (Wildman–Crippen LogP) is 3.46. The van der Waals surface area contributed by atoms with E-state index in [0.29, 0.717) is 12.6 Å². The van der Waals surface area contributed by atoms with E-state index in [1.165, 1.54) is 0 Å². The van der Waals surface area contributed by atoms with Crippen molar-refractivity contribution in [2.75, 3.05) is 27.3 Å². The quantitative estimate of drug-likeness (QED) is 0.301.